The Hall–Kier alpha value is -0.780. The van der Waals surface area contributed by atoms with Crippen LogP contribution < -0.4 is 0 Å². The highest BCUT2D eigenvalue weighted by Crippen LogP contribution is 2.37. The van der Waals surface area contributed by atoms with Gasteiger partial charge in [0.25, 0.3) is 0 Å². The van der Waals surface area contributed by atoms with Gasteiger partial charge in [-0.1, -0.05) is 79.0 Å². The molecule has 0 N–H and O–H groups in total. The fourth-order valence-electron chi connectivity index (χ4n) is 4.15. The molecule has 0 amide bonds. The second-order valence-corrected chi connectivity index (χ2v) is 7.75. The van der Waals surface area contributed by atoms with Crippen LogP contribution in [0.25, 0.3) is 0 Å². The molecule has 1 fully saturated rings. The van der Waals surface area contributed by atoms with Crippen molar-refractivity contribution in [2.24, 2.45) is 17.8 Å². The summed E-state index contributed by atoms with van der Waals surface area (Å²) in [5, 5.41) is 0. The molecule has 0 spiro atoms. The van der Waals surface area contributed by atoms with Gasteiger partial charge in [-0.3, -0.25) is 0 Å². The average molecular weight is 331 g/mol. The highest BCUT2D eigenvalue weighted by atomic mass is 14.3. The molecule has 138 valence electrons. The summed E-state index contributed by atoms with van der Waals surface area (Å²) in [6, 6.07) is 6.96. The zero-order valence-corrected chi connectivity index (χ0v) is 17.3. The maximum atomic E-state index is 2.36. The van der Waals surface area contributed by atoms with Crippen LogP contribution in [-0.4, -0.2) is 0 Å². The Balaban J connectivity index is 0.000000240. The lowest BCUT2D eigenvalue weighted by molar-refractivity contribution is 0.183. The number of hydrogen-bond donors (Lipinski definition) is 0. The smallest absolute Gasteiger partial charge is 0.0307 e. The fourth-order valence-corrected chi connectivity index (χ4v) is 4.15. The molecule has 1 aromatic carbocycles. The lowest BCUT2D eigenvalue weighted by Crippen LogP contribution is -2.21. The molecule has 0 atom stereocenters. The van der Waals surface area contributed by atoms with E-state index >= 15 is 0 Å². The molecule has 2 rings (SSSR count). The van der Waals surface area contributed by atoms with Crippen LogP contribution in [0.1, 0.15) is 96.8 Å². The van der Waals surface area contributed by atoms with E-state index in [-0.39, 0.29) is 0 Å². The molecule has 0 saturated heterocycles. The summed E-state index contributed by atoms with van der Waals surface area (Å²) in [6.45, 7) is 13.7. The average Bonchev–Trinajstić information content (AvgIpc) is 2.67. The molecule has 0 nitrogen and oxygen atoms in total. The SMILES string of the molecule is CCC1CC(CC)CC(CC)C1.CCc1cc(CC)cc(CC)c1. The van der Waals surface area contributed by atoms with Crippen molar-refractivity contribution < 1.29 is 0 Å². The lowest BCUT2D eigenvalue weighted by atomic mass is 9.72. The molecule has 0 heteroatoms. The van der Waals surface area contributed by atoms with Crippen molar-refractivity contribution in [3.8, 4) is 0 Å². The van der Waals surface area contributed by atoms with Crippen LogP contribution in [0, 0.1) is 17.8 Å². The predicted molar refractivity (Wildman–Crippen MR) is 110 cm³/mol. The highest BCUT2D eigenvalue weighted by Gasteiger charge is 2.25. The van der Waals surface area contributed by atoms with E-state index < -0.39 is 0 Å². The molecule has 1 saturated carbocycles. The van der Waals surface area contributed by atoms with Gasteiger partial charge in [0.05, 0.1) is 0 Å². The summed E-state index contributed by atoms with van der Waals surface area (Å²) in [6.07, 6.45) is 12.2. The Bertz CT molecular complexity index is 360. The number of hydrogen-bond acceptors (Lipinski definition) is 0. The Labute approximate surface area is 152 Å². The monoisotopic (exact) mass is 330 g/mol. The number of rotatable bonds is 6. The largest absolute Gasteiger partial charge is 0.0651 e. The van der Waals surface area contributed by atoms with Crippen molar-refractivity contribution >= 4 is 0 Å². The van der Waals surface area contributed by atoms with Gasteiger partial charge < -0.3 is 0 Å². The molecule has 1 aromatic rings. The van der Waals surface area contributed by atoms with E-state index in [9.17, 15) is 0 Å². The van der Waals surface area contributed by atoms with Gasteiger partial charge in [-0.15, -0.1) is 0 Å². The summed E-state index contributed by atoms with van der Waals surface area (Å²) >= 11 is 0. The van der Waals surface area contributed by atoms with Crippen molar-refractivity contribution in [2.75, 3.05) is 0 Å². The third kappa shape index (κ3) is 6.99. The van der Waals surface area contributed by atoms with Crippen LogP contribution in [0.3, 0.4) is 0 Å². The molecule has 1 aliphatic carbocycles. The molecule has 0 aromatic heterocycles. The third-order valence-electron chi connectivity index (χ3n) is 6.07. The van der Waals surface area contributed by atoms with Gasteiger partial charge >= 0.3 is 0 Å². The minimum atomic E-state index is 1.05. The minimum Gasteiger partial charge on any atom is -0.0651 e. The molecule has 0 aliphatic heterocycles. The van der Waals surface area contributed by atoms with Crippen LogP contribution in [0.5, 0.6) is 0 Å². The topological polar surface area (TPSA) is 0 Å². The Morgan fingerprint density at radius 2 is 0.792 bits per heavy atom. The van der Waals surface area contributed by atoms with E-state index in [4.69, 9.17) is 0 Å². The quantitative estimate of drug-likeness (QED) is 0.503. The Kier molecular flexibility index (Phi) is 10.4. The van der Waals surface area contributed by atoms with Gasteiger partial charge in [-0.25, -0.2) is 0 Å². The van der Waals surface area contributed by atoms with E-state index in [2.05, 4.69) is 59.7 Å². The zero-order chi connectivity index (χ0) is 17.9. The van der Waals surface area contributed by atoms with Crippen molar-refractivity contribution in [3.05, 3.63) is 34.9 Å². The lowest BCUT2D eigenvalue weighted by Gasteiger charge is -2.33. The second-order valence-electron chi connectivity index (χ2n) is 7.75. The molecular formula is C24H42. The zero-order valence-electron chi connectivity index (χ0n) is 17.3. The molecule has 0 heterocycles. The molecule has 0 radical (unpaired) electrons. The molecule has 1 aliphatic rings. The summed E-state index contributed by atoms with van der Waals surface area (Å²) < 4.78 is 0. The van der Waals surface area contributed by atoms with Crippen LogP contribution in [0.15, 0.2) is 18.2 Å². The fraction of sp³-hybridized carbons (Fsp3) is 0.750. The summed E-state index contributed by atoms with van der Waals surface area (Å²) in [5.41, 5.74) is 4.43. The number of aryl methyl sites for hydroxylation is 3. The van der Waals surface area contributed by atoms with E-state index in [0.717, 1.165) is 37.0 Å². The van der Waals surface area contributed by atoms with Crippen molar-refractivity contribution in [1.29, 1.82) is 0 Å². The van der Waals surface area contributed by atoms with Crippen LogP contribution in [0.4, 0.5) is 0 Å². The molecule has 24 heavy (non-hydrogen) atoms. The first kappa shape index (κ1) is 21.3. The maximum absolute atomic E-state index is 2.36. The molecule has 0 unspecified atom stereocenters. The minimum absolute atomic E-state index is 1.05. The number of benzene rings is 1. The van der Waals surface area contributed by atoms with Gasteiger partial charge in [0, 0.05) is 0 Å². The van der Waals surface area contributed by atoms with Gasteiger partial charge in [-0.05, 0) is 73.0 Å². The van der Waals surface area contributed by atoms with Crippen LogP contribution in [-0.2, 0) is 19.3 Å². The normalized spacial score (nSPS) is 23.5. The van der Waals surface area contributed by atoms with Gasteiger partial charge in [0.1, 0.15) is 0 Å². The van der Waals surface area contributed by atoms with Crippen molar-refractivity contribution in [2.45, 2.75) is 99.3 Å². The first-order valence-electron chi connectivity index (χ1n) is 10.7. The van der Waals surface area contributed by atoms with E-state index in [1.54, 1.807) is 0 Å². The third-order valence-corrected chi connectivity index (χ3v) is 6.07. The maximum Gasteiger partial charge on any atom is -0.0307 e. The summed E-state index contributed by atoms with van der Waals surface area (Å²) in [4.78, 5) is 0. The van der Waals surface area contributed by atoms with Gasteiger partial charge in [0.2, 0.25) is 0 Å². The van der Waals surface area contributed by atoms with Crippen LogP contribution in [0.2, 0.25) is 0 Å². The predicted octanol–water partition coefficient (Wildman–Crippen LogP) is 7.62. The van der Waals surface area contributed by atoms with Gasteiger partial charge in [0.15, 0.2) is 0 Å². The van der Waals surface area contributed by atoms with E-state index in [0.29, 0.717) is 0 Å². The van der Waals surface area contributed by atoms with Gasteiger partial charge in [-0.2, -0.15) is 0 Å². The van der Waals surface area contributed by atoms with E-state index in [1.165, 1.54) is 55.2 Å². The van der Waals surface area contributed by atoms with Crippen LogP contribution >= 0.6 is 0 Å². The standard InChI is InChI=1S/C12H24.C12H18/c2*1-4-10-7-11(5-2)9-12(6-3)8-10/h10-12H,4-9H2,1-3H3;7-9H,4-6H2,1-3H3. The summed E-state index contributed by atoms with van der Waals surface area (Å²) in [5.74, 6) is 3.15. The highest BCUT2D eigenvalue weighted by molar-refractivity contribution is 5.30. The first-order chi connectivity index (χ1) is 11.6. The van der Waals surface area contributed by atoms with E-state index in [1.807, 2.05) is 0 Å². The Morgan fingerprint density at radius 3 is 0.958 bits per heavy atom. The van der Waals surface area contributed by atoms with Crippen molar-refractivity contribution in [1.82, 2.24) is 0 Å². The molecular weight excluding hydrogens is 288 g/mol. The molecule has 0 bridgehead atoms. The first-order valence-corrected chi connectivity index (χ1v) is 10.7. The van der Waals surface area contributed by atoms with Crippen molar-refractivity contribution in [3.63, 3.8) is 0 Å². The Morgan fingerprint density at radius 1 is 0.542 bits per heavy atom. The summed E-state index contributed by atoms with van der Waals surface area (Å²) in [7, 11) is 0. The second kappa shape index (κ2) is 11.7.